The second kappa shape index (κ2) is 8.61. The maximum atomic E-state index is 12.1. The van der Waals surface area contributed by atoms with E-state index in [9.17, 15) is 13.2 Å². The molecule has 1 aromatic heterocycles. The minimum Gasteiger partial charge on any atom is -0.299 e. The summed E-state index contributed by atoms with van der Waals surface area (Å²) in [7, 11) is -3.00. The zero-order valence-corrected chi connectivity index (χ0v) is 18.1. The fourth-order valence-corrected chi connectivity index (χ4v) is 5.20. The van der Waals surface area contributed by atoms with Crippen LogP contribution in [0.4, 0.5) is 0 Å². The number of sulfonamides is 1. The average Bonchev–Trinajstić information content (AvgIpc) is 2.97. The smallest absolute Gasteiger partial charge is 0.266 e. The van der Waals surface area contributed by atoms with Gasteiger partial charge in [-0.1, -0.05) is 20.8 Å². The molecule has 2 aliphatic rings. The monoisotopic (exact) mass is 411 g/mol. The first kappa shape index (κ1) is 21.4. The molecule has 2 fully saturated rings. The van der Waals surface area contributed by atoms with Crippen molar-refractivity contribution >= 4 is 10.0 Å². The lowest BCUT2D eigenvalue weighted by atomic mass is 9.92. The van der Waals surface area contributed by atoms with E-state index in [1.807, 2.05) is 6.07 Å². The van der Waals surface area contributed by atoms with Gasteiger partial charge in [-0.05, 0) is 12.5 Å². The Kier molecular flexibility index (Phi) is 6.58. The molecule has 158 valence electrons. The van der Waals surface area contributed by atoms with Crippen molar-refractivity contribution in [3.63, 3.8) is 0 Å². The van der Waals surface area contributed by atoms with Gasteiger partial charge in [0.1, 0.15) is 0 Å². The quantitative estimate of drug-likeness (QED) is 0.665. The minimum absolute atomic E-state index is 0.0570. The van der Waals surface area contributed by atoms with Gasteiger partial charge >= 0.3 is 0 Å². The van der Waals surface area contributed by atoms with E-state index in [-0.39, 0.29) is 11.0 Å². The lowest BCUT2D eigenvalue weighted by Gasteiger charge is -2.35. The number of rotatable bonds is 6. The van der Waals surface area contributed by atoms with Crippen molar-refractivity contribution in [2.45, 2.75) is 39.2 Å². The van der Waals surface area contributed by atoms with Gasteiger partial charge < -0.3 is 0 Å². The molecule has 1 aromatic rings. The summed E-state index contributed by atoms with van der Waals surface area (Å²) >= 11 is 0. The topological polar surface area (TPSA) is 78.8 Å². The van der Waals surface area contributed by atoms with Gasteiger partial charge in [0.2, 0.25) is 10.0 Å². The summed E-state index contributed by atoms with van der Waals surface area (Å²) in [4.78, 5) is 16.8. The Morgan fingerprint density at radius 1 is 0.929 bits per heavy atom. The standard InChI is InChI=1S/C19H33N5O3S/c1-19(2,3)17-5-6-18(25)24(20-17)15-13-22-10-8-21(9-11-22)12-14-23-7-4-16-28(23,26)27/h5-6H,4,7-16H2,1-3H3. The normalized spacial score (nSPS) is 22.0. The van der Waals surface area contributed by atoms with Crippen LogP contribution in [0.2, 0.25) is 0 Å². The Labute approximate surface area is 168 Å². The molecule has 2 saturated heterocycles. The van der Waals surface area contributed by atoms with E-state index in [4.69, 9.17) is 0 Å². The molecule has 0 atom stereocenters. The molecule has 0 N–H and O–H groups in total. The van der Waals surface area contributed by atoms with Crippen molar-refractivity contribution < 1.29 is 8.42 Å². The number of nitrogens with zero attached hydrogens (tertiary/aromatic N) is 5. The van der Waals surface area contributed by atoms with Crippen molar-refractivity contribution in [2.24, 2.45) is 0 Å². The van der Waals surface area contributed by atoms with Crippen LogP contribution in [-0.2, 0) is 22.0 Å². The summed E-state index contributed by atoms with van der Waals surface area (Å²) in [5.41, 5.74) is 0.788. The largest absolute Gasteiger partial charge is 0.299 e. The predicted octanol–water partition coefficient (Wildman–Crippen LogP) is 0.194. The first-order chi connectivity index (χ1) is 13.1. The summed E-state index contributed by atoms with van der Waals surface area (Å²) in [6.07, 6.45) is 0.750. The SMILES string of the molecule is CC(C)(C)c1ccc(=O)n(CCN2CCN(CCN3CCCS3(=O)=O)CC2)n1. The van der Waals surface area contributed by atoms with Crippen LogP contribution in [0, 0.1) is 0 Å². The predicted molar refractivity (Wildman–Crippen MR) is 110 cm³/mol. The highest BCUT2D eigenvalue weighted by Crippen LogP contribution is 2.18. The lowest BCUT2D eigenvalue weighted by Crippen LogP contribution is -2.49. The highest BCUT2D eigenvalue weighted by molar-refractivity contribution is 7.89. The minimum atomic E-state index is -3.00. The second-order valence-electron chi connectivity index (χ2n) is 8.78. The molecule has 0 spiro atoms. The van der Waals surface area contributed by atoms with E-state index in [0.29, 0.717) is 25.4 Å². The molecule has 0 saturated carbocycles. The number of piperazine rings is 1. The summed E-state index contributed by atoms with van der Waals surface area (Å²) in [5.74, 6) is 0.296. The van der Waals surface area contributed by atoms with Crippen LogP contribution in [0.15, 0.2) is 16.9 Å². The summed E-state index contributed by atoms with van der Waals surface area (Å²) in [6, 6.07) is 3.43. The summed E-state index contributed by atoms with van der Waals surface area (Å²) < 4.78 is 27.0. The third kappa shape index (κ3) is 5.40. The maximum Gasteiger partial charge on any atom is 0.266 e. The molecule has 9 heteroatoms. The van der Waals surface area contributed by atoms with Crippen LogP contribution in [0.5, 0.6) is 0 Å². The fourth-order valence-electron chi connectivity index (χ4n) is 3.68. The van der Waals surface area contributed by atoms with E-state index in [1.54, 1.807) is 15.1 Å². The Hall–Kier alpha value is -1.29. The molecule has 0 bridgehead atoms. The first-order valence-corrected chi connectivity index (χ1v) is 11.8. The molecule has 3 rings (SSSR count). The lowest BCUT2D eigenvalue weighted by molar-refractivity contribution is 0.124. The van der Waals surface area contributed by atoms with Gasteiger partial charge in [0, 0.05) is 63.8 Å². The highest BCUT2D eigenvalue weighted by atomic mass is 32.2. The molecular formula is C19H33N5O3S. The van der Waals surface area contributed by atoms with Crippen LogP contribution in [0.1, 0.15) is 32.9 Å². The molecule has 0 unspecified atom stereocenters. The van der Waals surface area contributed by atoms with Crippen molar-refractivity contribution in [3.8, 4) is 0 Å². The van der Waals surface area contributed by atoms with E-state index >= 15 is 0 Å². The molecular weight excluding hydrogens is 378 g/mol. The van der Waals surface area contributed by atoms with Gasteiger partial charge in [-0.2, -0.15) is 5.10 Å². The fraction of sp³-hybridized carbons (Fsp3) is 0.789. The van der Waals surface area contributed by atoms with Crippen molar-refractivity contribution in [1.29, 1.82) is 0 Å². The molecule has 2 aliphatic heterocycles. The van der Waals surface area contributed by atoms with E-state index in [0.717, 1.165) is 51.4 Å². The van der Waals surface area contributed by atoms with Crippen molar-refractivity contribution in [1.82, 2.24) is 23.9 Å². The Balaban J connectivity index is 1.44. The van der Waals surface area contributed by atoms with Crippen LogP contribution < -0.4 is 5.56 Å². The third-order valence-electron chi connectivity index (χ3n) is 5.60. The van der Waals surface area contributed by atoms with Gasteiger partial charge in [0.05, 0.1) is 18.0 Å². The van der Waals surface area contributed by atoms with Gasteiger partial charge in [0.15, 0.2) is 0 Å². The average molecular weight is 412 g/mol. The van der Waals surface area contributed by atoms with Crippen LogP contribution in [0.25, 0.3) is 0 Å². The zero-order chi connectivity index (χ0) is 20.4. The van der Waals surface area contributed by atoms with E-state index in [2.05, 4.69) is 35.7 Å². The van der Waals surface area contributed by atoms with Gasteiger partial charge in [-0.3, -0.25) is 14.6 Å². The van der Waals surface area contributed by atoms with Crippen LogP contribution >= 0.6 is 0 Å². The van der Waals surface area contributed by atoms with E-state index in [1.165, 1.54) is 0 Å². The third-order valence-corrected chi connectivity index (χ3v) is 7.55. The molecule has 0 aliphatic carbocycles. The highest BCUT2D eigenvalue weighted by Gasteiger charge is 2.28. The number of hydrogen-bond donors (Lipinski definition) is 0. The Morgan fingerprint density at radius 2 is 1.54 bits per heavy atom. The molecule has 0 radical (unpaired) electrons. The zero-order valence-electron chi connectivity index (χ0n) is 17.3. The van der Waals surface area contributed by atoms with Gasteiger partial charge in [-0.25, -0.2) is 17.4 Å². The van der Waals surface area contributed by atoms with Crippen LogP contribution in [0.3, 0.4) is 0 Å². The van der Waals surface area contributed by atoms with Gasteiger partial charge in [0.25, 0.3) is 5.56 Å². The van der Waals surface area contributed by atoms with Crippen molar-refractivity contribution in [3.05, 3.63) is 28.2 Å². The molecule has 0 aromatic carbocycles. The number of aromatic nitrogens is 2. The summed E-state index contributed by atoms with van der Waals surface area (Å²) in [6.45, 7) is 13.5. The molecule has 0 amide bonds. The molecule has 3 heterocycles. The van der Waals surface area contributed by atoms with Crippen LogP contribution in [-0.4, -0.2) is 90.4 Å². The summed E-state index contributed by atoms with van der Waals surface area (Å²) in [5, 5.41) is 4.53. The number of hydrogen-bond acceptors (Lipinski definition) is 6. The Morgan fingerprint density at radius 3 is 2.07 bits per heavy atom. The van der Waals surface area contributed by atoms with Crippen molar-refractivity contribution in [2.75, 3.05) is 58.1 Å². The first-order valence-electron chi connectivity index (χ1n) is 10.2. The van der Waals surface area contributed by atoms with Gasteiger partial charge in [-0.15, -0.1) is 0 Å². The van der Waals surface area contributed by atoms with E-state index < -0.39 is 10.0 Å². The molecule has 8 nitrogen and oxygen atoms in total. The Bertz CT molecular complexity index is 823. The molecule has 28 heavy (non-hydrogen) atoms. The second-order valence-corrected chi connectivity index (χ2v) is 10.9. The maximum absolute atomic E-state index is 12.1.